The molecule has 3 N–H and O–H groups in total. The number of para-hydroxylation sites is 1. The van der Waals surface area contributed by atoms with Gasteiger partial charge in [0.05, 0.1) is 7.11 Å². The molecule has 1 aromatic carbocycles. The molecule has 2 aromatic rings. The normalized spacial score (nSPS) is 11.0. The molecule has 0 atom stereocenters. The van der Waals surface area contributed by atoms with Crippen molar-refractivity contribution in [3.8, 4) is 0 Å². The number of amides is 1. The predicted molar refractivity (Wildman–Crippen MR) is 81.4 cm³/mol. The fraction of sp³-hybridized carbons (Fsp3) is 0.154. The number of rotatable bonds is 5. The van der Waals surface area contributed by atoms with Gasteiger partial charge in [-0.1, -0.05) is 6.07 Å². The van der Waals surface area contributed by atoms with Crippen LogP contribution in [0.1, 0.15) is 17.3 Å². The summed E-state index contributed by atoms with van der Waals surface area (Å²) in [6, 6.07) is 2.73. The second-order valence-electron chi connectivity index (χ2n) is 4.65. The van der Waals surface area contributed by atoms with E-state index < -0.39 is 49.8 Å². The van der Waals surface area contributed by atoms with Gasteiger partial charge in [0.15, 0.2) is 0 Å². The number of H-pyrrole nitrogens is 1. The van der Waals surface area contributed by atoms with Gasteiger partial charge in [0.25, 0.3) is 10.0 Å². The van der Waals surface area contributed by atoms with E-state index in [0.717, 1.165) is 32.2 Å². The van der Waals surface area contributed by atoms with Crippen molar-refractivity contribution in [3.63, 3.8) is 0 Å². The molecule has 1 heterocycles. The summed E-state index contributed by atoms with van der Waals surface area (Å²) in [5, 5.41) is 6.85. The summed E-state index contributed by atoms with van der Waals surface area (Å²) in [6.45, 7) is 1.11. The number of esters is 1. The maximum atomic E-state index is 13.7. The Labute approximate surface area is 140 Å². The van der Waals surface area contributed by atoms with Crippen LogP contribution in [0.25, 0.3) is 0 Å². The molecule has 2 rings (SSSR count). The molecule has 0 aliphatic heterocycles. The van der Waals surface area contributed by atoms with Crippen molar-refractivity contribution in [2.75, 3.05) is 17.1 Å². The minimum atomic E-state index is -4.68. The summed E-state index contributed by atoms with van der Waals surface area (Å²) in [7, 11) is -3.70. The van der Waals surface area contributed by atoms with Crippen molar-refractivity contribution in [1.29, 1.82) is 0 Å². The number of anilines is 2. The van der Waals surface area contributed by atoms with Gasteiger partial charge in [0, 0.05) is 6.92 Å². The van der Waals surface area contributed by atoms with Crippen LogP contribution in [0.2, 0.25) is 0 Å². The number of methoxy groups -OCH3 is 1. The van der Waals surface area contributed by atoms with Gasteiger partial charge in [0.2, 0.25) is 10.9 Å². The number of nitrogens with one attached hydrogen (secondary N) is 3. The quantitative estimate of drug-likeness (QED) is 0.675. The number of hydrogen-bond donors (Lipinski definition) is 3. The lowest BCUT2D eigenvalue weighted by Gasteiger charge is -2.09. The molecule has 1 amide bonds. The highest BCUT2D eigenvalue weighted by atomic mass is 32.2. The summed E-state index contributed by atoms with van der Waals surface area (Å²) >= 11 is 0. The third-order valence-corrected chi connectivity index (χ3v) is 4.15. The zero-order chi connectivity index (χ0) is 18.8. The molecule has 0 unspecified atom stereocenters. The SMILES string of the molecule is COC(=O)c1c(S(=O)(=O)Nc2c(F)cccc2F)n[nH]c1NC(C)=O. The van der Waals surface area contributed by atoms with Gasteiger partial charge >= 0.3 is 5.97 Å². The molecular weight excluding hydrogens is 362 g/mol. The van der Waals surface area contributed by atoms with Crippen molar-refractivity contribution in [2.45, 2.75) is 11.9 Å². The number of carbonyl (C=O) groups excluding carboxylic acids is 2. The van der Waals surface area contributed by atoms with Crippen LogP contribution in [0, 0.1) is 11.6 Å². The molecule has 12 heteroatoms. The van der Waals surface area contributed by atoms with E-state index in [1.54, 1.807) is 4.72 Å². The summed E-state index contributed by atoms with van der Waals surface area (Å²) in [6.07, 6.45) is 0. The lowest BCUT2D eigenvalue weighted by atomic mass is 10.3. The number of benzene rings is 1. The van der Waals surface area contributed by atoms with Crippen molar-refractivity contribution in [3.05, 3.63) is 35.4 Å². The summed E-state index contributed by atoms with van der Waals surface area (Å²) in [4.78, 5) is 23.0. The molecule has 0 saturated heterocycles. The highest BCUT2D eigenvalue weighted by molar-refractivity contribution is 7.92. The number of nitrogens with zero attached hydrogens (tertiary/aromatic N) is 1. The lowest BCUT2D eigenvalue weighted by molar-refractivity contribution is -0.114. The number of ether oxygens (including phenoxy) is 1. The number of aromatic amines is 1. The van der Waals surface area contributed by atoms with Gasteiger partial charge in [-0.25, -0.2) is 13.6 Å². The molecule has 134 valence electrons. The Morgan fingerprint density at radius 1 is 1.24 bits per heavy atom. The van der Waals surface area contributed by atoms with Crippen LogP contribution in [-0.4, -0.2) is 37.6 Å². The van der Waals surface area contributed by atoms with Crippen molar-refractivity contribution in [1.82, 2.24) is 10.2 Å². The Bertz CT molecular complexity index is 922. The van der Waals surface area contributed by atoms with E-state index in [1.807, 2.05) is 0 Å². The fourth-order valence-electron chi connectivity index (χ4n) is 1.86. The van der Waals surface area contributed by atoms with Gasteiger partial charge in [-0.3, -0.25) is 14.6 Å². The van der Waals surface area contributed by atoms with Crippen LogP contribution in [0.5, 0.6) is 0 Å². The largest absolute Gasteiger partial charge is 0.465 e. The van der Waals surface area contributed by atoms with E-state index in [2.05, 4.69) is 20.3 Å². The molecule has 0 radical (unpaired) electrons. The molecule has 0 aliphatic carbocycles. The Kier molecular flexibility index (Phi) is 5.02. The zero-order valence-electron chi connectivity index (χ0n) is 12.9. The molecule has 0 aliphatic rings. The first-order valence-corrected chi connectivity index (χ1v) is 8.06. The van der Waals surface area contributed by atoms with E-state index in [1.165, 1.54) is 0 Å². The Morgan fingerprint density at radius 2 is 1.84 bits per heavy atom. The van der Waals surface area contributed by atoms with Crippen LogP contribution in [0.15, 0.2) is 23.2 Å². The molecule has 0 fully saturated rings. The van der Waals surface area contributed by atoms with E-state index in [-0.39, 0.29) is 5.82 Å². The van der Waals surface area contributed by atoms with Gasteiger partial charge in [-0.2, -0.15) is 13.5 Å². The third-order valence-electron chi connectivity index (χ3n) is 2.88. The first kappa shape index (κ1) is 18.3. The highest BCUT2D eigenvalue weighted by Gasteiger charge is 2.32. The Hall–Kier alpha value is -3.02. The first-order chi connectivity index (χ1) is 11.7. The number of hydrogen-bond acceptors (Lipinski definition) is 6. The smallest absolute Gasteiger partial charge is 0.344 e. The van der Waals surface area contributed by atoms with Crippen LogP contribution in [0.3, 0.4) is 0 Å². The molecule has 9 nitrogen and oxygen atoms in total. The maximum Gasteiger partial charge on any atom is 0.344 e. The molecule has 0 bridgehead atoms. The Morgan fingerprint density at radius 3 is 2.36 bits per heavy atom. The zero-order valence-corrected chi connectivity index (χ0v) is 13.7. The average Bonchev–Trinajstić information content (AvgIpc) is 2.94. The molecule has 0 saturated carbocycles. The van der Waals surface area contributed by atoms with Crippen molar-refractivity contribution < 1.29 is 31.5 Å². The van der Waals surface area contributed by atoms with E-state index in [9.17, 15) is 26.8 Å². The van der Waals surface area contributed by atoms with Gasteiger partial charge in [0.1, 0.15) is 28.7 Å². The van der Waals surface area contributed by atoms with Crippen LogP contribution >= 0.6 is 0 Å². The van der Waals surface area contributed by atoms with Crippen LogP contribution in [0.4, 0.5) is 20.3 Å². The third kappa shape index (κ3) is 3.74. The Balaban J connectivity index is 2.54. The predicted octanol–water partition coefficient (Wildman–Crippen LogP) is 1.23. The van der Waals surface area contributed by atoms with E-state index >= 15 is 0 Å². The number of halogens is 2. The van der Waals surface area contributed by atoms with Gasteiger partial charge in [-0.15, -0.1) is 0 Å². The highest BCUT2D eigenvalue weighted by Crippen LogP contribution is 2.26. The summed E-state index contributed by atoms with van der Waals surface area (Å²) in [5.41, 5.74) is -1.57. The van der Waals surface area contributed by atoms with Gasteiger partial charge in [-0.05, 0) is 12.1 Å². The van der Waals surface area contributed by atoms with Crippen molar-refractivity contribution >= 4 is 33.4 Å². The summed E-state index contributed by atoms with van der Waals surface area (Å²) in [5.74, 6) is -4.42. The number of sulfonamides is 1. The van der Waals surface area contributed by atoms with E-state index in [4.69, 9.17) is 0 Å². The van der Waals surface area contributed by atoms with Crippen LogP contribution < -0.4 is 10.0 Å². The molecule has 1 aromatic heterocycles. The maximum absolute atomic E-state index is 13.7. The summed E-state index contributed by atoms with van der Waals surface area (Å²) < 4.78 is 58.2. The minimum Gasteiger partial charge on any atom is -0.465 e. The topological polar surface area (TPSA) is 130 Å². The molecule has 25 heavy (non-hydrogen) atoms. The monoisotopic (exact) mass is 374 g/mol. The molecule has 0 spiro atoms. The second-order valence-corrected chi connectivity index (χ2v) is 6.25. The van der Waals surface area contributed by atoms with Crippen molar-refractivity contribution in [2.24, 2.45) is 0 Å². The molecular formula is C13H12F2N4O5S. The van der Waals surface area contributed by atoms with Crippen LogP contribution in [-0.2, 0) is 19.6 Å². The lowest BCUT2D eigenvalue weighted by Crippen LogP contribution is -2.19. The number of aromatic nitrogens is 2. The fourth-order valence-corrected chi connectivity index (χ4v) is 3.04. The minimum absolute atomic E-state index is 0.339. The average molecular weight is 374 g/mol. The first-order valence-electron chi connectivity index (χ1n) is 6.58. The standard InChI is InChI=1S/C13H12F2N4O5S/c1-6(20)16-11-9(13(21)24-2)12(18-17-11)25(22,23)19-10-7(14)4-3-5-8(10)15/h3-5,19H,1-2H3,(H2,16,17,18,20). The van der Waals surface area contributed by atoms with Gasteiger partial charge < -0.3 is 10.1 Å². The second kappa shape index (κ2) is 6.84. The van der Waals surface area contributed by atoms with E-state index in [0.29, 0.717) is 0 Å². The number of carbonyl (C=O) groups is 2.